The zero-order valence-corrected chi connectivity index (χ0v) is 14.6. The summed E-state index contributed by atoms with van der Waals surface area (Å²) in [6, 6.07) is 12.7. The van der Waals surface area contributed by atoms with E-state index in [4.69, 9.17) is 4.74 Å². The predicted molar refractivity (Wildman–Crippen MR) is 94.2 cm³/mol. The maximum absolute atomic E-state index is 12.2. The van der Waals surface area contributed by atoms with E-state index in [0.717, 1.165) is 9.13 Å². The average molecular weight is 425 g/mol. The smallest absolute Gasteiger partial charge is 0.328 e. The number of hydrogen-bond donors (Lipinski definition) is 2. The molecule has 2 rings (SSSR count). The quantitative estimate of drug-likeness (QED) is 0.571. The lowest BCUT2D eigenvalue weighted by Crippen LogP contribution is -2.43. The van der Waals surface area contributed by atoms with Gasteiger partial charge in [-0.15, -0.1) is 0 Å². The Balaban J connectivity index is 2.13. The van der Waals surface area contributed by atoms with Crippen molar-refractivity contribution in [2.75, 3.05) is 7.11 Å². The third-order valence-electron chi connectivity index (χ3n) is 3.25. The van der Waals surface area contributed by atoms with Crippen molar-refractivity contribution >= 4 is 34.5 Å². The molecule has 2 N–H and O–H groups in total. The van der Waals surface area contributed by atoms with Crippen molar-refractivity contribution in [1.82, 2.24) is 5.32 Å². The van der Waals surface area contributed by atoms with Crippen LogP contribution in [0.25, 0.3) is 0 Å². The summed E-state index contributed by atoms with van der Waals surface area (Å²) in [4.78, 5) is 24.2. The molecule has 0 saturated heterocycles. The Morgan fingerprint density at radius 1 is 1.22 bits per heavy atom. The van der Waals surface area contributed by atoms with Gasteiger partial charge in [-0.2, -0.15) is 0 Å². The number of esters is 1. The zero-order chi connectivity index (χ0) is 16.8. The van der Waals surface area contributed by atoms with Crippen LogP contribution >= 0.6 is 22.6 Å². The van der Waals surface area contributed by atoms with Crippen molar-refractivity contribution in [3.63, 3.8) is 0 Å². The van der Waals surface area contributed by atoms with Gasteiger partial charge < -0.3 is 15.2 Å². The molecule has 0 aliphatic heterocycles. The zero-order valence-electron chi connectivity index (χ0n) is 12.5. The Kier molecular flexibility index (Phi) is 5.97. The van der Waals surface area contributed by atoms with Crippen molar-refractivity contribution in [3.8, 4) is 5.75 Å². The standard InChI is InChI=1S/C17H16INO4/c1-23-17(22)15(10-11-3-2-4-13(18)9-11)19-16(21)12-5-7-14(20)8-6-12/h2-9,15,20H,10H2,1H3,(H,19,21)/t15-/m0/s1. The van der Waals surface area contributed by atoms with E-state index in [2.05, 4.69) is 27.9 Å². The molecule has 0 heterocycles. The second-order valence-corrected chi connectivity index (χ2v) is 6.18. The minimum Gasteiger partial charge on any atom is -0.508 e. The van der Waals surface area contributed by atoms with Gasteiger partial charge in [-0.1, -0.05) is 12.1 Å². The van der Waals surface area contributed by atoms with E-state index in [-0.39, 0.29) is 5.75 Å². The Bertz CT molecular complexity index is 700. The average Bonchev–Trinajstić information content (AvgIpc) is 2.54. The topological polar surface area (TPSA) is 75.6 Å². The van der Waals surface area contributed by atoms with E-state index in [1.54, 1.807) is 0 Å². The highest BCUT2D eigenvalue weighted by atomic mass is 127. The fourth-order valence-corrected chi connectivity index (χ4v) is 2.70. The minimum atomic E-state index is -0.778. The van der Waals surface area contributed by atoms with Crippen LogP contribution in [0.3, 0.4) is 0 Å². The van der Waals surface area contributed by atoms with Crippen molar-refractivity contribution in [3.05, 3.63) is 63.2 Å². The van der Waals surface area contributed by atoms with Gasteiger partial charge in [0.15, 0.2) is 0 Å². The number of methoxy groups -OCH3 is 1. The van der Waals surface area contributed by atoms with Gasteiger partial charge in [0.25, 0.3) is 5.91 Å². The molecule has 0 spiro atoms. The maximum atomic E-state index is 12.2. The lowest BCUT2D eigenvalue weighted by atomic mass is 10.1. The number of phenolic OH excluding ortho intramolecular Hbond substituents is 1. The first kappa shape index (κ1) is 17.3. The van der Waals surface area contributed by atoms with Crippen molar-refractivity contribution in [2.24, 2.45) is 0 Å². The van der Waals surface area contributed by atoms with Crippen molar-refractivity contribution < 1.29 is 19.4 Å². The van der Waals surface area contributed by atoms with Gasteiger partial charge in [-0.05, 0) is 64.6 Å². The highest BCUT2D eigenvalue weighted by Crippen LogP contribution is 2.12. The lowest BCUT2D eigenvalue weighted by molar-refractivity contribution is -0.142. The van der Waals surface area contributed by atoms with Gasteiger partial charge in [0.2, 0.25) is 0 Å². The van der Waals surface area contributed by atoms with Gasteiger partial charge in [-0.25, -0.2) is 4.79 Å². The molecule has 0 unspecified atom stereocenters. The van der Waals surface area contributed by atoms with Crippen LogP contribution in [0.15, 0.2) is 48.5 Å². The van der Waals surface area contributed by atoms with Gasteiger partial charge in [0, 0.05) is 15.6 Å². The monoisotopic (exact) mass is 425 g/mol. The first-order valence-electron chi connectivity index (χ1n) is 6.92. The summed E-state index contributed by atoms with van der Waals surface area (Å²) in [6.45, 7) is 0. The highest BCUT2D eigenvalue weighted by molar-refractivity contribution is 14.1. The third-order valence-corrected chi connectivity index (χ3v) is 3.92. The largest absolute Gasteiger partial charge is 0.508 e. The fraction of sp³-hybridized carbons (Fsp3) is 0.176. The first-order valence-corrected chi connectivity index (χ1v) is 7.99. The number of benzene rings is 2. The Morgan fingerprint density at radius 3 is 2.52 bits per heavy atom. The van der Waals surface area contributed by atoms with Crippen molar-refractivity contribution in [2.45, 2.75) is 12.5 Å². The molecule has 1 atom stereocenters. The summed E-state index contributed by atoms with van der Waals surface area (Å²) >= 11 is 2.19. The number of halogens is 1. The van der Waals surface area contributed by atoms with E-state index in [0.29, 0.717) is 12.0 Å². The molecule has 0 radical (unpaired) electrons. The van der Waals surface area contributed by atoms with E-state index in [1.165, 1.54) is 31.4 Å². The molecule has 0 fully saturated rings. The van der Waals surface area contributed by atoms with Gasteiger partial charge in [0.1, 0.15) is 11.8 Å². The molecular formula is C17H16INO4. The van der Waals surface area contributed by atoms with Gasteiger partial charge in [-0.3, -0.25) is 4.79 Å². The van der Waals surface area contributed by atoms with Crippen LogP contribution in [0.5, 0.6) is 5.75 Å². The molecule has 0 bridgehead atoms. The first-order chi connectivity index (χ1) is 11.0. The summed E-state index contributed by atoms with van der Waals surface area (Å²) in [7, 11) is 1.29. The van der Waals surface area contributed by atoms with Crippen LogP contribution in [0.1, 0.15) is 15.9 Å². The van der Waals surface area contributed by atoms with Gasteiger partial charge >= 0.3 is 5.97 Å². The van der Waals surface area contributed by atoms with Crippen LogP contribution in [0.2, 0.25) is 0 Å². The van der Waals surface area contributed by atoms with E-state index < -0.39 is 17.9 Å². The molecule has 0 saturated carbocycles. The molecule has 0 aromatic heterocycles. The number of phenols is 1. The molecule has 0 aliphatic carbocycles. The van der Waals surface area contributed by atoms with Crippen LogP contribution < -0.4 is 5.32 Å². The van der Waals surface area contributed by atoms with Crippen LogP contribution in [-0.2, 0) is 16.0 Å². The van der Waals surface area contributed by atoms with E-state index in [9.17, 15) is 14.7 Å². The number of rotatable bonds is 5. The molecule has 0 aliphatic rings. The van der Waals surface area contributed by atoms with Gasteiger partial charge in [0.05, 0.1) is 7.11 Å². The summed E-state index contributed by atoms with van der Waals surface area (Å²) in [5.74, 6) is -0.827. The number of carbonyl (C=O) groups excluding carboxylic acids is 2. The summed E-state index contributed by atoms with van der Waals surface area (Å²) in [5.41, 5.74) is 1.29. The molecule has 2 aromatic rings. The number of amides is 1. The maximum Gasteiger partial charge on any atom is 0.328 e. The second kappa shape index (κ2) is 7.96. The van der Waals surface area contributed by atoms with E-state index >= 15 is 0 Å². The molecule has 2 aromatic carbocycles. The lowest BCUT2D eigenvalue weighted by Gasteiger charge is -2.17. The minimum absolute atomic E-state index is 0.0740. The SMILES string of the molecule is COC(=O)[C@H](Cc1cccc(I)c1)NC(=O)c1ccc(O)cc1. The highest BCUT2D eigenvalue weighted by Gasteiger charge is 2.22. The molecule has 120 valence electrons. The molecule has 1 amide bonds. The van der Waals surface area contributed by atoms with Crippen LogP contribution in [0, 0.1) is 3.57 Å². The fourth-order valence-electron chi connectivity index (χ4n) is 2.09. The Hall–Kier alpha value is -2.09. The number of carbonyl (C=O) groups is 2. The molecular weight excluding hydrogens is 409 g/mol. The number of hydrogen-bond acceptors (Lipinski definition) is 4. The molecule has 5 nitrogen and oxygen atoms in total. The molecule has 23 heavy (non-hydrogen) atoms. The number of aromatic hydroxyl groups is 1. The summed E-state index contributed by atoms with van der Waals surface area (Å²) in [6.07, 6.45) is 0.341. The summed E-state index contributed by atoms with van der Waals surface area (Å²) < 4.78 is 5.82. The molecule has 6 heteroatoms. The number of nitrogens with one attached hydrogen (secondary N) is 1. The normalized spacial score (nSPS) is 11.6. The predicted octanol–water partition coefficient (Wildman–Crippen LogP) is 2.51. The Morgan fingerprint density at radius 2 is 1.91 bits per heavy atom. The third kappa shape index (κ3) is 4.95. The van der Waals surface area contributed by atoms with E-state index in [1.807, 2.05) is 24.3 Å². The van der Waals surface area contributed by atoms with Crippen molar-refractivity contribution in [1.29, 1.82) is 0 Å². The summed E-state index contributed by atoms with van der Waals surface area (Å²) in [5, 5.41) is 11.9. The Labute approximate surface area is 147 Å². The second-order valence-electron chi connectivity index (χ2n) is 4.93. The van der Waals surface area contributed by atoms with Crippen LogP contribution in [0.4, 0.5) is 0 Å². The number of ether oxygens (including phenoxy) is 1. The van der Waals surface area contributed by atoms with Crippen LogP contribution in [-0.4, -0.2) is 30.1 Å².